The van der Waals surface area contributed by atoms with Gasteiger partial charge in [-0.3, -0.25) is 0 Å². The Balaban J connectivity index is 2.76. The van der Waals surface area contributed by atoms with Crippen molar-refractivity contribution in [3.8, 4) is 34.4 Å². The highest BCUT2D eigenvalue weighted by Crippen LogP contribution is 2.26. The van der Waals surface area contributed by atoms with Crippen molar-refractivity contribution in [1.82, 2.24) is 0 Å². The molecule has 0 radical (unpaired) electrons. The maximum atomic E-state index is 15.9. The summed E-state index contributed by atoms with van der Waals surface area (Å²) in [6.45, 7) is 14.5. The first-order valence-electron chi connectivity index (χ1n) is 8.74. The normalized spacial score (nSPS) is 12.0. The SMILES string of the molecule is [C-]#[N+]/C(C#N)=c1\c(F)c(-c2ccc(F)cc2)/c(=C(/C#N)[N+]#[C-])c(F)c1-c1ccc(F)cc1. The van der Waals surface area contributed by atoms with Gasteiger partial charge in [0.15, 0.2) is 0 Å². The summed E-state index contributed by atoms with van der Waals surface area (Å²) >= 11 is 0. The van der Waals surface area contributed by atoms with Crippen molar-refractivity contribution in [2.24, 2.45) is 0 Å². The second-order valence-corrected chi connectivity index (χ2v) is 6.29. The Morgan fingerprint density at radius 2 is 0.938 bits per heavy atom. The smallest absolute Gasteiger partial charge is 0.226 e. The van der Waals surface area contributed by atoms with Crippen molar-refractivity contribution in [2.45, 2.75) is 0 Å². The van der Waals surface area contributed by atoms with Crippen LogP contribution < -0.4 is 10.4 Å². The van der Waals surface area contributed by atoms with Gasteiger partial charge in [-0.15, -0.1) is 0 Å². The summed E-state index contributed by atoms with van der Waals surface area (Å²) in [7, 11) is 0. The first kappa shape index (κ1) is 21.8. The summed E-state index contributed by atoms with van der Waals surface area (Å²) in [6.07, 6.45) is 0. The van der Waals surface area contributed by atoms with Crippen molar-refractivity contribution in [1.29, 1.82) is 10.5 Å². The zero-order chi connectivity index (χ0) is 23.4. The van der Waals surface area contributed by atoms with Crippen LogP contribution in [0.2, 0.25) is 0 Å². The maximum Gasteiger partial charge on any atom is 0.272 e. The summed E-state index contributed by atoms with van der Waals surface area (Å²) in [5.74, 6) is -3.84. The van der Waals surface area contributed by atoms with Gasteiger partial charge in [-0.2, -0.15) is 0 Å². The molecule has 0 aromatic heterocycles. The fourth-order valence-electron chi connectivity index (χ4n) is 3.18. The third kappa shape index (κ3) is 3.65. The average molecular weight is 428 g/mol. The lowest BCUT2D eigenvalue weighted by molar-refractivity contribution is 0.591. The molecule has 0 aliphatic carbocycles. The number of hydrogen-bond donors (Lipinski definition) is 0. The second-order valence-electron chi connectivity index (χ2n) is 6.29. The molecular weight excluding hydrogens is 420 g/mol. The molecule has 32 heavy (non-hydrogen) atoms. The third-order valence-corrected chi connectivity index (χ3v) is 4.55. The van der Waals surface area contributed by atoms with Crippen LogP contribution in [0.15, 0.2) is 48.5 Å². The van der Waals surface area contributed by atoms with Gasteiger partial charge in [0.1, 0.15) is 23.3 Å². The lowest BCUT2D eigenvalue weighted by Crippen LogP contribution is -2.28. The van der Waals surface area contributed by atoms with E-state index in [0.29, 0.717) is 0 Å². The molecule has 0 unspecified atom stereocenters. The standard InChI is InChI=1S/C24H8F4N4/c1-31-17(11-29)21-19(13-3-7-15(25)8-4-13)24(28)22(18(12-30)32-2)20(23(21)27)14-5-9-16(26)10-6-14/h3-10H/b21-17-,22-18+. The largest absolute Gasteiger partial charge is 0.272 e. The lowest BCUT2D eigenvalue weighted by atomic mass is 9.92. The minimum Gasteiger partial charge on any atom is -0.226 e. The molecule has 0 amide bonds. The van der Waals surface area contributed by atoms with Gasteiger partial charge < -0.3 is 0 Å². The third-order valence-electron chi connectivity index (χ3n) is 4.55. The molecule has 8 heteroatoms. The Kier molecular flexibility index (Phi) is 6.02. The van der Waals surface area contributed by atoms with Gasteiger partial charge in [0.25, 0.3) is 11.4 Å². The Labute approximate surface area is 179 Å². The van der Waals surface area contributed by atoms with Crippen molar-refractivity contribution in [3.05, 3.63) is 105 Å². The van der Waals surface area contributed by atoms with Crippen LogP contribution in [0.5, 0.6) is 0 Å². The second kappa shape index (κ2) is 8.84. The fraction of sp³-hybridized carbons (Fsp3) is 0. The van der Waals surface area contributed by atoms with Crippen molar-refractivity contribution in [2.75, 3.05) is 0 Å². The molecule has 0 saturated carbocycles. The summed E-state index contributed by atoms with van der Waals surface area (Å²) < 4.78 is 58.6. The topological polar surface area (TPSA) is 56.3 Å². The van der Waals surface area contributed by atoms with E-state index >= 15 is 8.78 Å². The van der Waals surface area contributed by atoms with E-state index in [2.05, 4.69) is 9.69 Å². The van der Waals surface area contributed by atoms with Crippen LogP contribution in [0.1, 0.15) is 0 Å². The first-order valence-corrected chi connectivity index (χ1v) is 8.74. The van der Waals surface area contributed by atoms with Crippen LogP contribution in [0.25, 0.3) is 43.3 Å². The summed E-state index contributed by atoms with van der Waals surface area (Å²) in [6, 6.07) is 11.4. The average Bonchev–Trinajstić information content (AvgIpc) is 2.80. The minimum absolute atomic E-state index is 0.0802. The van der Waals surface area contributed by atoms with Crippen molar-refractivity contribution < 1.29 is 17.6 Å². The van der Waals surface area contributed by atoms with E-state index < -0.39 is 56.2 Å². The molecule has 0 spiro atoms. The molecule has 3 rings (SSSR count). The van der Waals surface area contributed by atoms with Gasteiger partial charge in [-0.05, 0) is 35.4 Å². The molecule has 152 valence electrons. The van der Waals surface area contributed by atoms with E-state index in [1.54, 1.807) is 0 Å². The van der Waals surface area contributed by atoms with E-state index in [1.165, 1.54) is 12.1 Å². The van der Waals surface area contributed by atoms with Crippen LogP contribution in [0.4, 0.5) is 17.6 Å². The number of nitrogens with zero attached hydrogens (tertiary/aromatic N) is 4. The number of nitriles is 2. The summed E-state index contributed by atoms with van der Waals surface area (Å²) in [5, 5.41) is 17.3. The van der Waals surface area contributed by atoms with Gasteiger partial charge in [0.05, 0.1) is 25.3 Å². The van der Waals surface area contributed by atoms with Crippen LogP contribution in [-0.4, -0.2) is 0 Å². The van der Waals surface area contributed by atoms with Crippen LogP contribution >= 0.6 is 0 Å². The molecule has 0 heterocycles. The van der Waals surface area contributed by atoms with Crippen LogP contribution in [0.3, 0.4) is 0 Å². The molecule has 0 N–H and O–H groups in total. The highest BCUT2D eigenvalue weighted by atomic mass is 19.1. The first-order chi connectivity index (χ1) is 15.4. The highest BCUT2D eigenvalue weighted by Gasteiger charge is 2.24. The molecule has 3 aromatic rings. The predicted molar refractivity (Wildman–Crippen MR) is 108 cm³/mol. The summed E-state index contributed by atoms with van der Waals surface area (Å²) in [5.41, 5.74) is -2.90. The van der Waals surface area contributed by atoms with E-state index in [-0.39, 0.29) is 11.1 Å². The van der Waals surface area contributed by atoms with Gasteiger partial charge in [0.2, 0.25) is 0 Å². The Morgan fingerprint density at radius 1 is 0.625 bits per heavy atom. The molecular formula is C24H8F4N4. The van der Waals surface area contributed by atoms with Gasteiger partial charge in [-0.1, -0.05) is 24.3 Å². The molecule has 0 atom stereocenters. The van der Waals surface area contributed by atoms with Crippen molar-refractivity contribution >= 4 is 11.4 Å². The fourth-order valence-corrected chi connectivity index (χ4v) is 3.18. The molecule has 0 saturated heterocycles. The Bertz CT molecular complexity index is 1380. The van der Waals surface area contributed by atoms with Gasteiger partial charge in [0, 0.05) is 21.6 Å². The summed E-state index contributed by atoms with van der Waals surface area (Å²) in [4.78, 5) is 5.96. The molecule has 0 aliphatic heterocycles. The quantitative estimate of drug-likeness (QED) is 0.440. The molecule has 0 aliphatic rings. The lowest BCUT2D eigenvalue weighted by Gasteiger charge is -2.14. The van der Waals surface area contributed by atoms with Crippen LogP contribution in [-0.2, 0) is 0 Å². The molecule has 0 bridgehead atoms. The number of halogens is 4. The van der Waals surface area contributed by atoms with Crippen molar-refractivity contribution in [3.63, 3.8) is 0 Å². The van der Waals surface area contributed by atoms with E-state index in [1.807, 2.05) is 0 Å². The van der Waals surface area contributed by atoms with Gasteiger partial charge >= 0.3 is 0 Å². The Morgan fingerprint density at radius 3 is 1.19 bits per heavy atom. The van der Waals surface area contributed by atoms with Gasteiger partial charge in [-0.25, -0.2) is 37.8 Å². The monoisotopic (exact) mass is 428 g/mol. The van der Waals surface area contributed by atoms with E-state index in [0.717, 1.165) is 48.5 Å². The van der Waals surface area contributed by atoms with E-state index in [9.17, 15) is 19.3 Å². The predicted octanol–water partition coefficient (Wildman–Crippen LogP) is 4.68. The van der Waals surface area contributed by atoms with E-state index in [4.69, 9.17) is 13.1 Å². The Hall–Kier alpha value is -4.92. The zero-order valence-corrected chi connectivity index (χ0v) is 15.9. The number of benzene rings is 3. The number of hydrogen-bond acceptors (Lipinski definition) is 2. The molecule has 3 aromatic carbocycles. The van der Waals surface area contributed by atoms with Crippen LogP contribution in [0, 0.1) is 59.1 Å². The number of rotatable bonds is 2. The zero-order valence-electron chi connectivity index (χ0n) is 15.9. The highest BCUT2D eigenvalue weighted by molar-refractivity contribution is 5.83. The molecule has 0 fully saturated rings. The maximum absolute atomic E-state index is 15.9. The molecule has 4 nitrogen and oxygen atoms in total. The minimum atomic E-state index is -1.25.